The number of amides is 1. The highest BCUT2D eigenvalue weighted by Gasteiger charge is 2.25. The summed E-state index contributed by atoms with van der Waals surface area (Å²) in [6.07, 6.45) is 4.81. The van der Waals surface area contributed by atoms with Crippen LogP contribution in [0.15, 0.2) is 35.3 Å². The van der Waals surface area contributed by atoms with Crippen molar-refractivity contribution in [3.05, 3.63) is 35.9 Å². The quantitative estimate of drug-likeness (QED) is 0.307. The van der Waals surface area contributed by atoms with Gasteiger partial charge < -0.3 is 20.3 Å². The topological polar surface area (TPSA) is 69.2 Å². The van der Waals surface area contributed by atoms with E-state index in [2.05, 4.69) is 50.9 Å². The molecule has 2 saturated heterocycles. The highest BCUT2D eigenvalue weighted by molar-refractivity contribution is 14.0. The summed E-state index contributed by atoms with van der Waals surface area (Å²) in [6.45, 7) is 4.62. The Morgan fingerprint density at radius 3 is 2.63 bits per heavy atom. The smallest absolute Gasteiger partial charge is 0.243 e. The molecule has 2 unspecified atom stereocenters. The van der Waals surface area contributed by atoms with Gasteiger partial charge in [-0.1, -0.05) is 30.3 Å². The number of nitrogens with one attached hydrogen (secondary N) is 2. The first-order valence-electron chi connectivity index (χ1n) is 10.7. The summed E-state index contributed by atoms with van der Waals surface area (Å²) < 4.78 is 5.70. The molecule has 1 aromatic rings. The monoisotopic (exact) mass is 529 g/mol. The van der Waals surface area contributed by atoms with Crippen LogP contribution in [0, 0.1) is 0 Å². The van der Waals surface area contributed by atoms with Crippen molar-refractivity contribution < 1.29 is 9.53 Å². The molecule has 1 amide bonds. The molecule has 2 aliphatic heterocycles. The van der Waals surface area contributed by atoms with Gasteiger partial charge in [0.1, 0.15) is 6.54 Å². The maximum absolute atomic E-state index is 12.0. The van der Waals surface area contributed by atoms with Crippen molar-refractivity contribution in [1.29, 1.82) is 0 Å². The lowest BCUT2D eigenvalue weighted by atomic mass is 10.2. The number of hydrogen-bond donors (Lipinski definition) is 2. The van der Waals surface area contributed by atoms with Crippen LogP contribution in [0.2, 0.25) is 0 Å². The van der Waals surface area contributed by atoms with Gasteiger partial charge in [0, 0.05) is 46.4 Å². The number of carbonyl (C=O) groups is 1. The highest BCUT2D eigenvalue weighted by Crippen LogP contribution is 2.19. The molecule has 0 aromatic heterocycles. The zero-order valence-electron chi connectivity index (χ0n) is 18.2. The average Bonchev–Trinajstić information content (AvgIpc) is 3.40. The number of likely N-dealkylation sites (N-methyl/N-ethyl adjacent to an activating group) is 1. The summed E-state index contributed by atoms with van der Waals surface area (Å²) in [5, 5.41) is 6.84. The van der Waals surface area contributed by atoms with E-state index in [0.717, 1.165) is 45.6 Å². The molecule has 2 fully saturated rings. The zero-order chi connectivity index (χ0) is 20.5. The number of carbonyl (C=O) groups excluding carboxylic acids is 1. The minimum absolute atomic E-state index is 0. The third-order valence-electron chi connectivity index (χ3n) is 5.63. The van der Waals surface area contributed by atoms with Crippen LogP contribution in [0.3, 0.4) is 0 Å². The molecule has 30 heavy (non-hydrogen) atoms. The highest BCUT2D eigenvalue weighted by atomic mass is 127. The SMILES string of the molecule is CN(C)C(=O)CN=C(NCC1CCCO1)NCC1CCCN1Cc1ccccc1.I. The second kappa shape index (κ2) is 13.1. The third-order valence-corrected chi connectivity index (χ3v) is 5.63. The van der Waals surface area contributed by atoms with Gasteiger partial charge in [0.2, 0.25) is 5.91 Å². The first kappa shape index (κ1) is 24.9. The Labute approximate surface area is 197 Å². The molecular weight excluding hydrogens is 493 g/mol. The van der Waals surface area contributed by atoms with Crippen LogP contribution >= 0.6 is 24.0 Å². The number of likely N-dealkylation sites (tertiary alicyclic amines) is 1. The van der Waals surface area contributed by atoms with Crippen LogP contribution in [0.25, 0.3) is 0 Å². The van der Waals surface area contributed by atoms with Crippen molar-refractivity contribution in [2.45, 2.75) is 44.4 Å². The van der Waals surface area contributed by atoms with E-state index in [1.165, 1.54) is 18.4 Å². The molecule has 7 nitrogen and oxygen atoms in total. The predicted molar refractivity (Wildman–Crippen MR) is 131 cm³/mol. The molecule has 2 aliphatic rings. The Morgan fingerprint density at radius 1 is 1.17 bits per heavy atom. The summed E-state index contributed by atoms with van der Waals surface area (Å²) in [5.74, 6) is 0.692. The Bertz CT molecular complexity index is 665. The van der Waals surface area contributed by atoms with Gasteiger partial charge in [-0.15, -0.1) is 24.0 Å². The van der Waals surface area contributed by atoms with Crippen molar-refractivity contribution in [3.8, 4) is 0 Å². The van der Waals surface area contributed by atoms with E-state index in [1.54, 1.807) is 19.0 Å². The largest absolute Gasteiger partial charge is 0.376 e. The summed E-state index contributed by atoms with van der Waals surface area (Å²) in [6, 6.07) is 11.1. The maximum Gasteiger partial charge on any atom is 0.243 e. The Kier molecular flexibility index (Phi) is 10.9. The molecule has 168 valence electrons. The molecule has 0 aliphatic carbocycles. The van der Waals surface area contributed by atoms with Crippen molar-refractivity contribution >= 4 is 35.8 Å². The number of aliphatic imine (C=N–C) groups is 1. The minimum Gasteiger partial charge on any atom is -0.376 e. The van der Waals surface area contributed by atoms with E-state index in [4.69, 9.17) is 4.74 Å². The van der Waals surface area contributed by atoms with Gasteiger partial charge in [0.05, 0.1) is 6.10 Å². The number of nitrogens with zero attached hydrogens (tertiary/aromatic N) is 3. The van der Waals surface area contributed by atoms with Crippen molar-refractivity contribution in [3.63, 3.8) is 0 Å². The lowest BCUT2D eigenvalue weighted by molar-refractivity contribution is -0.127. The number of ether oxygens (including phenoxy) is 1. The maximum atomic E-state index is 12.0. The van der Waals surface area contributed by atoms with E-state index in [9.17, 15) is 4.79 Å². The number of halogens is 1. The van der Waals surface area contributed by atoms with Crippen LogP contribution in [-0.4, -0.2) is 80.7 Å². The summed E-state index contributed by atoms with van der Waals surface area (Å²) >= 11 is 0. The number of guanidine groups is 1. The lowest BCUT2D eigenvalue weighted by Crippen LogP contribution is -2.46. The second-order valence-corrected chi connectivity index (χ2v) is 8.10. The summed E-state index contributed by atoms with van der Waals surface area (Å²) in [7, 11) is 3.51. The predicted octanol–water partition coefficient (Wildman–Crippen LogP) is 2.07. The molecule has 0 radical (unpaired) electrons. The number of rotatable bonds is 8. The van der Waals surface area contributed by atoms with Crippen LogP contribution in [0.1, 0.15) is 31.2 Å². The van der Waals surface area contributed by atoms with Gasteiger partial charge in [-0.2, -0.15) is 0 Å². The fourth-order valence-electron chi connectivity index (χ4n) is 3.85. The van der Waals surface area contributed by atoms with E-state index in [-0.39, 0.29) is 42.5 Å². The van der Waals surface area contributed by atoms with Crippen LogP contribution in [-0.2, 0) is 16.1 Å². The minimum atomic E-state index is -0.00483. The van der Waals surface area contributed by atoms with E-state index >= 15 is 0 Å². The van der Waals surface area contributed by atoms with Crippen molar-refractivity contribution in [2.75, 3.05) is 46.9 Å². The molecule has 0 spiro atoms. The number of benzene rings is 1. The van der Waals surface area contributed by atoms with E-state index < -0.39 is 0 Å². The Hall–Kier alpha value is -1.39. The van der Waals surface area contributed by atoms with Gasteiger partial charge >= 0.3 is 0 Å². The molecule has 0 bridgehead atoms. The van der Waals surface area contributed by atoms with Gasteiger partial charge in [-0.25, -0.2) is 4.99 Å². The molecule has 8 heteroatoms. The molecule has 2 atom stereocenters. The third kappa shape index (κ3) is 8.03. The van der Waals surface area contributed by atoms with Crippen LogP contribution in [0.4, 0.5) is 0 Å². The summed E-state index contributed by atoms with van der Waals surface area (Å²) in [5.41, 5.74) is 1.35. The van der Waals surface area contributed by atoms with Gasteiger partial charge in [0.25, 0.3) is 0 Å². The van der Waals surface area contributed by atoms with Gasteiger partial charge in [0.15, 0.2) is 5.96 Å². The fraction of sp³-hybridized carbons (Fsp3) is 0.636. The first-order chi connectivity index (χ1) is 14.1. The molecule has 3 rings (SSSR count). The average molecular weight is 529 g/mol. The normalized spacial score (nSPS) is 21.9. The molecule has 2 heterocycles. The number of hydrogen-bond acceptors (Lipinski definition) is 4. The zero-order valence-corrected chi connectivity index (χ0v) is 20.5. The van der Waals surface area contributed by atoms with E-state index in [0.29, 0.717) is 12.0 Å². The Balaban J connectivity index is 0.00000320. The van der Waals surface area contributed by atoms with Gasteiger partial charge in [-0.05, 0) is 37.8 Å². The van der Waals surface area contributed by atoms with Crippen molar-refractivity contribution in [2.24, 2.45) is 4.99 Å². The summed E-state index contributed by atoms with van der Waals surface area (Å²) in [4.78, 5) is 20.6. The van der Waals surface area contributed by atoms with Crippen molar-refractivity contribution in [1.82, 2.24) is 20.4 Å². The Morgan fingerprint density at radius 2 is 1.93 bits per heavy atom. The fourth-order valence-corrected chi connectivity index (χ4v) is 3.85. The molecule has 1 aromatic carbocycles. The standard InChI is InChI=1S/C22H35N5O2.HI/c1-26(2)21(28)16-25-22(24-15-20-11-7-13-29-20)23-14-19-10-6-12-27(19)17-18-8-4-3-5-9-18;/h3-5,8-9,19-20H,6-7,10-17H2,1-2H3,(H2,23,24,25);1H. The van der Waals surface area contributed by atoms with Crippen LogP contribution in [0.5, 0.6) is 0 Å². The molecule has 2 N–H and O–H groups in total. The second-order valence-electron chi connectivity index (χ2n) is 8.10. The lowest BCUT2D eigenvalue weighted by Gasteiger charge is -2.26. The first-order valence-corrected chi connectivity index (χ1v) is 10.7. The molecular formula is C22H36IN5O2. The molecule has 0 saturated carbocycles. The van der Waals surface area contributed by atoms with Crippen LogP contribution < -0.4 is 10.6 Å². The van der Waals surface area contributed by atoms with E-state index in [1.807, 2.05) is 0 Å². The van der Waals surface area contributed by atoms with Gasteiger partial charge in [-0.3, -0.25) is 9.69 Å².